The maximum atomic E-state index is 12.9. The van der Waals surface area contributed by atoms with Crippen molar-refractivity contribution in [2.24, 2.45) is 0 Å². The molecule has 0 bridgehead atoms. The number of benzene rings is 1. The maximum absolute atomic E-state index is 12.9. The maximum Gasteiger partial charge on any atom is 0.421 e. The molecule has 0 saturated carbocycles. The molecule has 0 aliphatic rings. The molecule has 0 unspecified atom stereocenters. The Labute approximate surface area is 154 Å². The summed E-state index contributed by atoms with van der Waals surface area (Å²) in [7, 11) is 1.10. The normalized spacial score (nSPS) is 11.7. The van der Waals surface area contributed by atoms with Gasteiger partial charge in [-0.15, -0.1) is 0 Å². The van der Waals surface area contributed by atoms with Crippen molar-refractivity contribution >= 4 is 58.0 Å². The van der Waals surface area contributed by atoms with Gasteiger partial charge in [0.25, 0.3) is 0 Å². The van der Waals surface area contributed by atoms with Gasteiger partial charge in [0.05, 0.1) is 37.9 Å². The van der Waals surface area contributed by atoms with Gasteiger partial charge in [-0.05, 0) is 0 Å². The summed E-state index contributed by atoms with van der Waals surface area (Å²) in [4.78, 5) is 3.73. The summed E-state index contributed by atoms with van der Waals surface area (Å²) in [6.07, 6.45) is -4.02. The van der Waals surface area contributed by atoms with E-state index in [1.165, 1.54) is 0 Å². The first-order valence-corrected chi connectivity index (χ1v) is 7.61. The van der Waals surface area contributed by atoms with Crippen LogP contribution >= 0.6 is 58.0 Å². The number of nitrogens with zero attached hydrogens (tertiary/aromatic N) is 1. The Balaban J connectivity index is 2.74. The smallest absolute Gasteiger partial charge is 0.421 e. The van der Waals surface area contributed by atoms with E-state index in [0.29, 0.717) is 6.20 Å². The molecular weight excluding hydrogens is 420 g/mol. The van der Waals surface area contributed by atoms with Crippen molar-refractivity contribution in [1.82, 2.24) is 4.98 Å². The van der Waals surface area contributed by atoms with E-state index in [2.05, 4.69) is 4.98 Å². The van der Waals surface area contributed by atoms with Gasteiger partial charge in [-0.3, -0.25) is 4.98 Å². The summed E-state index contributed by atoms with van der Waals surface area (Å²) in [5, 5.41) is -0.400. The van der Waals surface area contributed by atoms with Crippen LogP contribution in [0.4, 0.5) is 13.2 Å². The first-order valence-electron chi connectivity index (χ1n) is 5.72. The third-order valence-electron chi connectivity index (χ3n) is 2.86. The minimum absolute atomic E-state index is 0.00492. The number of halogens is 8. The van der Waals surface area contributed by atoms with E-state index in [1.54, 1.807) is 0 Å². The van der Waals surface area contributed by atoms with Gasteiger partial charge in [0.1, 0.15) is 11.3 Å². The topological polar surface area (TPSA) is 22.1 Å². The Kier molecular flexibility index (Phi) is 5.48. The number of hydrogen-bond acceptors (Lipinski definition) is 2. The molecule has 0 radical (unpaired) electrons. The molecule has 1 aromatic heterocycles. The van der Waals surface area contributed by atoms with Crippen molar-refractivity contribution in [3.63, 3.8) is 0 Å². The van der Waals surface area contributed by atoms with Crippen LogP contribution in [0.3, 0.4) is 0 Å². The van der Waals surface area contributed by atoms with E-state index in [1.807, 2.05) is 0 Å². The Morgan fingerprint density at radius 2 is 1.39 bits per heavy atom. The minimum atomic E-state index is -4.63. The second kappa shape index (κ2) is 6.73. The largest absolute Gasteiger partial charge is 0.496 e. The second-order valence-corrected chi connectivity index (χ2v) is 6.10. The van der Waals surface area contributed by atoms with Gasteiger partial charge in [0.2, 0.25) is 0 Å². The van der Waals surface area contributed by atoms with E-state index in [4.69, 9.17) is 62.7 Å². The number of pyridine rings is 1. The second-order valence-electron chi connectivity index (χ2n) is 4.21. The van der Waals surface area contributed by atoms with Crippen LogP contribution in [0.15, 0.2) is 12.3 Å². The van der Waals surface area contributed by atoms with E-state index in [0.717, 1.165) is 13.2 Å². The van der Waals surface area contributed by atoms with Crippen molar-refractivity contribution in [3.05, 3.63) is 42.9 Å². The van der Waals surface area contributed by atoms with Crippen molar-refractivity contribution in [2.45, 2.75) is 6.18 Å². The van der Waals surface area contributed by atoms with E-state index in [9.17, 15) is 13.2 Å². The molecular formula is C13H5Cl5F3NO. The first kappa shape index (κ1) is 18.7. The fourth-order valence-corrected chi connectivity index (χ4v) is 3.12. The average Bonchev–Trinajstić information content (AvgIpc) is 2.50. The lowest BCUT2D eigenvalue weighted by atomic mass is 10.1. The fourth-order valence-electron chi connectivity index (χ4n) is 1.79. The van der Waals surface area contributed by atoms with Gasteiger partial charge in [-0.25, -0.2) is 0 Å². The fraction of sp³-hybridized carbons (Fsp3) is 0.154. The molecule has 0 N–H and O–H groups in total. The number of hydrogen-bond donors (Lipinski definition) is 0. The van der Waals surface area contributed by atoms with Crippen molar-refractivity contribution in [2.75, 3.05) is 7.11 Å². The first-order chi connectivity index (χ1) is 10.6. The Bertz CT molecular complexity index is 750. The lowest BCUT2D eigenvalue weighted by molar-refractivity contribution is -0.139. The molecule has 124 valence electrons. The summed E-state index contributed by atoms with van der Waals surface area (Å²) in [6.45, 7) is 0. The molecule has 0 fully saturated rings. The van der Waals surface area contributed by atoms with Gasteiger partial charge >= 0.3 is 6.18 Å². The zero-order chi connectivity index (χ0) is 17.5. The minimum Gasteiger partial charge on any atom is -0.496 e. The third-order valence-corrected chi connectivity index (χ3v) is 5.13. The molecule has 0 saturated heterocycles. The van der Waals surface area contributed by atoms with Crippen LogP contribution in [0, 0.1) is 0 Å². The number of methoxy groups -OCH3 is 1. The molecule has 0 spiro atoms. The highest BCUT2D eigenvalue weighted by atomic mass is 35.5. The van der Waals surface area contributed by atoms with Crippen LogP contribution in [0.25, 0.3) is 11.3 Å². The van der Waals surface area contributed by atoms with Crippen molar-refractivity contribution in [1.29, 1.82) is 0 Å². The molecule has 2 rings (SSSR count). The summed E-state index contributed by atoms with van der Waals surface area (Å²) in [5.74, 6) is -0.447. The van der Waals surface area contributed by atoms with Crippen LogP contribution in [-0.4, -0.2) is 12.1 Å². The van der Waals surface area contributed by atoms with Crippen LogP contribution in [0.1, 0.15) is 5.56 Å². The summed E-state index contributed by atoms with van der Waals surface area (Å²) in [6, 6.07) is 1.04. The standard InChI is InChI=1S/C13H5Cl5F3NO/c1-23-6-2-5(22-3-4(6)13(19,20)21)7-8(14)10(16)12(18)11(17)9(7)15/h2-3H,1H3. The van der Waals surface area contributed by atoms with Crippen LogP contribution in [-0.2, 0) is 6.18 Å². The lowest BCUT2D eigenvalue weighted by Gasteiger charge is -2.15. The molecule has 0 amide bonds. The number of ether oxygens (including phenoxy) is 1. The predicted octanol–water partition coefficient (Wildman–Crippen LogP) is 7.04. The molecule has 0 atom stereocenters. The van der Waals surface area contributed by atoms with E-state index in [-0.39, 0.29) is 36.4 Å². The van der Waals surface area contributed by atoms with Gasteiger partial charge in [0, 0.05) is 17.8 Å². The Morgan fingerprint density at radius 3 is 1.83 bits per heavy atom. The van der Waals surface area contributed by atoms with E-state index < -0.39 is 17.5 Å². The Morgan fingerprint density at radius 1 is 0.913 bits per heavy atom. The van der Waals surface area contributed by atoms with Crippen molar-refractivity contribution < 1.29 is 17.9 Å². The monoisotopic (exact) mass is 423 g/mol. The number of aromatic nitrogens is 1. The highest BCUT2D eigenvalue weighted by Gasteiger charge is 2.35. The molecule has 23 heavy (non-hydrogen) atoms. The highest BCUT2D eigenvalue weighted by molar-refractivity contribution is 6.56. The Hall–Kier alpha value is -0.590. The molecule has 10 heteroatoms. The highest BCUT2D eigenvalue weighted by Crippen LogP contribution is 2.48. The SMILES string of the molecule is COc1cc(-c2c(Cl)c(Cl)c(Cl)c(Cl)c2Cl)ncc1C(F)(F)F. The lowest BCUT2D eigenvalue weighted by Crippen LogP contribution is -2.08. The van der Waals surface area contributed by atoms with Crippen LogP contribution in [0.5, 0.6) is 5.75 Å². The number of alkyl halides is 3. The summed E-state index contributed by atoms with van der Waals surface area (Å²) in [5.41, 5.74) is -0.979. The van der Waals surface area contributed by atoms with E-state index >= 15 is 0 Å². The van der Waals surface area contributed by atoms with Gasteiger partial charge < -0.3 is 4.74 Å². The molecule has 0 aliphatic heterocycles. The van der Waals surface area contributed by atoms with Gasteiger partial charge in [-0.1, -0.05) is 58.0 Å². The van der Waals surface area contributed by atoms with Crippen LogP contribution in [0.2, 0.25) is 25.1 Å². The average molecular weight is 425 g/mol. The molecule has 1 heterocycles. The zero-order valence-corrected chi connectivity index (χ0v) is 14.8. The molecule has 0 aliphatic carbocycles. The van der Waals surface area contributed by atoms with Gasteiger partial charge in [0.15, 0.2) is 0 Å². The van der Waals surface area contributed by atoms with Crippen molar-refractivity contribution in [3.8, 4) is 17.0 Å². The molecule has 2 aromatic rings. The third kappa shape index (κ3) is 3.44. The molecule has 1 aromatic carbocycles. The van der Waals surface area contributed by atoms with Crippen LogP contribution < -0.4 is 4.74 Å². The zero-order valence-electron chi connectivity index (χ0n) is 11.0. The molecule has 2 nitrogen and oxygen atoms in total. The quantitative estimate of drug-likeness (QED) is 0.380. The predicted molar refractivity (Wildman–Crippen MR) is 86.3 cm³/mol. The van der Waals surface area contributed by atoms with Gasteiger partial charge in [-0.2, -0.15) is 13.2 Å². The summed E-state index contributed by atoms with van der Waals surface area (Å²) < 4.78 is 43.4. The summed E-state index contributed by atoms with van der Waals surface area (Å²) >= 11 is 29.9. The number of rotatable bonds is 2.